The number of hydrogen-bond donors (Lipinski definition) is 1. The average Bonchev–Trinajstić information content (AvgIpc) is 2.75. The van der Waals surface area contributed by atoms with Crippen molar-refractivity contribution < 1.29 is 46.9 Å². The second-order valence-corrected chi connectivity index (χ2v) is 8.82. The number of allylic oxidation sites excluding steroid dienone is 3. The lowest BCUT2D eigenvalue weighted by atomic mass is 9.65. The second kappa shape index (κ2) is 8.35. The van der Waals surface area contributed by atoms with E-state index in [0.29, 0.717) is 0 Å². The third-order valence-electron chi connectivity index (χ3n) is 5.94. The van der Waals surface area contributed by atoms with E-state index in [1.807, 2.05) is 0 Å². The first-order chi connectivity index (χ1) is 15.3. The molecule has 1 aliphatic carbocycles. The number of alkyl halides is 3. The van der Waals surface area contributed by atoms with Crippen molar-refractivity contribution in [2.24, 2.45) is 11.3 Å². The van der Waals surface area contributed by atoms with Crippen LogP contribution in [0.15, 0.2) is 41.2 Å². The first kappa shape index (κ1) is 24.5. The van der Waals surface area contributed by atoms with Crippen molar-refractivity contribution in [3.63, 3.8) is 0 Å². The van der Waals surface area contributed by atoms with Gasteiger partial charge in [0.05, 0.1) is 19.8 Å². The highest BCUT2D eigenvalue weighted by molar-refractivity contribution is 5.89. The number of benzene rings is 1. The zero-order valence-electron chi connectivity index (χ0n) is 18.4. The lowest BCUT2D eigenvalue weighted by molar-refractivity contribution is -0.378. The van der Waals surface area contributed by atoms with Gasteiger partial charge in [-0.05, 0) is 29.5 Å². The van der Waals surface area contributed by atoms with E-state index in [9.17, 15) is 32.7 Å². The highest BCUT2D eigenvalue weighted by Gasteiger charge is 2.69. The Hall–Kier alpha value is -3.10. The van der Waals surface area contributed by atoms with Gasteiger partial charge in [-0.1, -0.05) is 26.0 Å². The fourth-order valence-electron chi connectivity index (χ4n) is 4.48. The smallest absolute Gasteiger partial charge is 0.456 e. The maximum Gasteiger partial charge on any atom is 0.456 e. The molecule has 1 heterocycles. The van der Waals surface area contributed by atoms with Gasteiger partial charge in [0.25, 0.3) is 0 Å². The fraction of sp³-hybridized carbons (Fsp3) is 0.478. The van der Waals surface area contributed by atoms with Crippen LogP contribution in [0.3, 0.4) is 0 Å². The zero-order chi connectivity index (χ0) is 24.8. The number of carbonyl (C=O) groups excluding carboxylic acids is 3. The number of carbonyl (C=O) groups is 2. The molecule has 7 nitrogen and oxygen atoms in total. The maximum atomic E-state index is 14.2. The molecule has 0 saturated heterocycles. The highest BCUT2D eigenvalue weighted by Crippen LogP contribution is 2.57. The Morgan fingerprint density at radius 3 is 2.21 bits per heavy atom. The summed E-state index contributed by atoms with van der Waals surface area (Å²) in [5.41, 5.74) is -0.292. The molecule has 0 saturated carbocycles. The van der Waals surface area contributed by atoms with Crippen molar-refractivity contribution in [3.8, 4) is 0 Å². The van der Waals surface area contributed by atoms with Crippen LogP contribution < -0.4 is 0 Å². The lowest BCUT2D eigenvalue weighted by Crippen LogP contribution is -2.60. The van der Waals surface area contributed by atoms with E-state index >= 15 is 0 Å². The summed E-state index contributed by atoms with van der Waals surface area (Å²) >= 11 is 0. The molecule has 3 rings (SSSR count). The molecule has 1 aliphatic heterocycles. The van der Waals surface area contributed by atoms with E-state index in [4.69, 9.17) is 4.74 Å². The van der Waals surface area contributed by atoms with Gasteiger partial charge in [0.1, 0.15) is 17.6 Å². The van der Waals surface area contributed by atoms with Crippen molar-refractivity contribution in [2.45, 2.75) is 44.6 Å². The van der Waals surface area contributed by atoms with Crippen LogP contribution in [0, 0.1) is 11.3 Å². The lowest BCUT2D eigenvalue weighted by Gasteiger charge is -2.48. The Balaban J connectivity index is 2.33. The van der Waals surface area contributed by atoms with Crippen LogP contribution in [0.25, 0.3) is 0 Å². The van der Waals surface area contributed by atoms with Crippen molar-refractivity contribution in [1.29, 1.82) is 0 Å². The molecule has 2 aliphatic rings. The summed E-state index contributed by atoms with van der Waals surface area (Å²) in [6.45, 7) is 3.47. The summed E-state index contributed by atoms with van der Waals surface area (Å²) in [5, 5.41) is 10.8. The number of halogens is 3. The molecule has 3 atom stereocenters. The molecule has 1 aromatic carbocycles. The normalized spacial score (nSPS) is 26.6. The van der Waals surface area contributed by atoms with Crippen LogP contribution in [-0.4, -0.2) is 49.2 Å². The van der Waals surface area contributed by atoms with Crippen LogP contribution in [0.1, 0.15) is 48.5 Å². The molecule has 0 amide bonds. The molecule has 0 aromatic heterocycles. The first-order valence-corrected chi connectivity index (χ1v) is 10.0. The van der Waals surface area contributed by atoms with Crippen molar-refractivity contribution >= 4 is 17.9 Å². The van der Waals surface area contributed by atoms with Gasteiger partial charge in [-0.15, -0.1) is 0 Å². The number of esters is 2. The second-order valence-electron chi connectivity index (χ2n) is 8.82. The molecule has 0 fully saturated rings. The molecule has 0 bridgehead atoms. The number of ether oxygens (including phenoxy) is 3. The number of rotatable bonds is 3. The van der Waals surface area contributed by atoms with Crippen LogP contribution >= 0.6 is 0 Å². The van der Waals surface area contributed by atoms with E-state index in [1.165, 1.54) is 31.4 Å². The molecule has 0 spiro atoms. The van der Waals surface area contributed by atoms with Crippen LogP contribution in [0.2, 0.25) is 0 Å². The van der Waals surface area contributed by atoms with E-state index in [0.717, 1.165) is 7.11 Å². The Kier molecular flexibility index (Phi) is 6.21. The third-order valence-corrected chi connectivity index (χ3v) is 5.94. The predicted molar refractivity (Wildman–Crippen MR) is 107 cm³/mol. The predicted octanol–water partition coefficient (Wildman–Crippen LogP) is 3.46. The highest BCUT2D eigenvalue weighted by atomic mass is 19.4. The number of methoxy groups -OCH3 is 2. The molecule has 10 heteroatoms. The van der Waals surface area contributed by atoms with Crippen LogP contribution in [-0.2, 0) is 23.8 Å². The van der Waals surface area contributed by atoms with E-state index in [1.54, 1.807) is 19.8 Å². The molecule has 178 valence electrons. The maximum absolute atomic E-state index is 14.2. The Morgan fingerprint density at radius 1 is 1.12 bits per heavy atom. The molecule has 1 N–H and O–H groups in total. The molecular weight excluding hydrogens is 445 g/mol. The molecule has 0 radical (unpaired) electrons. The molecule has 0 unspecified atom stereocenters. The van der Waals surface area contributed by atoms with Crippen LogP contribution in [0.5, 0.6) is 0 Å². The number of aliphatic hydroxyl groups is 1. The third kappa shape index (κ3) is 4.16. The Labute approximate surface area is 187 Å². The largest absolute Gasteiger partial charge is 0.469 e. The monoisotopic (exact) mass is 468 g/mol. The minimum absolute atomic E-state index is 0.0173. The standard InChI is InChI=1S/C23H23F3O7/c1-21(2)9-14(11-27)16-15(10-21)33-22(30,23(24,25)26)18(20(29)32-4)17(16)12-5-7-13(8-6-12)19(28)31-3/h5-8,17-18,30H,9-10H2,1-4H3/t17-,18-,22+/m1/s1. The van der Waals surface area contributed by atoms with Gasteiger partial charge in [0.2, 0.25) is 0 Å². The quantitative estimate of drug-likeness (QED) is 0.536. The SMILES string of the molecule is COC(=O)c1ccc([C@@H]2C3=C(CC(C)(C)CC3=C=O)O[C@](O)(C(F)(F)F)[C@H]2C(=O)OC)cc1. The van der Waals surface area contributed by atoms with Gasteiger partial charge in [-0.3, -0.25) is 4.79 Å². The van der Waals surface area contributed by atoms with Crippen molar-refractivity contribution in [2.75, 3.05) is 14.2 Å². The topological polar surface area (TPSA) is 99.1 Å². The van der Waals surface area contributed by atoms with Gasteiger partial charge in [0, 0.05) is 23.5 Å². The Morgan fingerprint density at radius 2 is 1.73 bits per heavy atom. The van der Waals surface area contributed by atoms with Crippen molar-refractivity contribution in [3.05, 3.63) is 52.3 Å². The number of hydrogen-bond acceptors (Lipinski definition) is 7. The summed E-state index contributed by atoms with van der Waals surface area (Å²) in [7, 11) is 2.06. The summed E-state index contributed by atoms with van der Waals surface area (Å²) in [4.78, 5) is 36.3. The summed E-state index contributed by atoms with van der Waals surface area (Å²) in [6.07, 6.45) is -5.22. The first-order valence-electron chi connectivity index (χ1n) is 10.0. The minimum atomic E-state index is -5.37. The molecular formula is C23H23F3O7. The average molecular weight is 468 g/mol. The summed E-state index contributed by atoms with van der Waals surface area (Å²) in [6, 6.07) is 5.30. The molecule has 1 aromatic rings. The van der Waals surface area contributed by atoms with E-state index < -0.39 is 41.2 Å². The van der Waals surface area contributed by atoms with E-state index in [2.05, 4.69) is 9.47 Å². The van der Waals surface area contributed by atoms with Crippen molar-refractivity contribution in [1.82, 2.24) is 0 Å². The summed E-state index contributed by atoms with van der Waals surface area (Å²) in [5.74, 6) is -8.15. The summed E-state index contributed by atoms with van der Waals surface area (Å²) < 4.78 is 56.8. The van der Waals surface area contributed by atoms with Gasteiger partial charge >= 0.3 is 23.9 Å². The van der Waals surface area contributed by atoms with E-state index in [-0.39, 0.29) is 40.9 Å². The van der Waals surface area contributed by atoms with Gasteiger partial charge in [-0.25, -0.2) is 9.59 Å². The fourth-order valence-corrected chi connectivity index (χ4v) is 4.48. The Bertz CT molecular complexity index is 1050. The van der Waals surface area contributed by atoms with Gasteiger partial charge in [0.15, 0.2) is 0 Å². The van der Waals surface area contributed by atoms with Crippen LogP contribution in [0.4, 0.5) is 13.2 Å². The van der Waals surface area contributed by atoms with Gasteiger partial charge < -0.3 is 19.3 Å². The zero-order valence-corrected chi connectivity index (χ0v) is 18.4. The van der Waals surface area contributed by atoms with Gasteiger partial charge in [-0.2, -0.15) is 13.2 Å². The minimum Gasteiger partial charge on any atom is -0.469 e. The molecule has 33 heavy (non-hydrogen) atoms.